The molecule has 0 spiro atoms. The van der Waals surface area contributed by atoms with Gasteiger partial charge in [0.2, 0.25) is 0 Å². The molecule has 7 heteroatoms. The van der Waals surface area contributed by atoms with Crippen LogP contribution in [0, 0.1) is 0 Å². The Hall–Kier alpha value is -1.50. The Morgan fingerprint density at radius 3 is 2.55 bits per heavy atom. The highest BCUT2D eigenvalue weighted by molar-refractivity contribution is 5.60. The first kappa shape index (κ1) is 13.5. The summed E-state index contributed by atoms with van der Waals surface area (Å²) >= 11 is 0. The van der Waals surface area contributed by atoms with E-state index in [1.165, 1.54) is 11.3 Å². The Morgan fingerprint density at radius 1 is 1.20 bits per heavy atom. The second kappa shape index (κ2) is 4.51. The average molecular weight is 287 g/mol. The maximum Gasteiger partial charge on any atom is 0.417 e. The fourth-order valence-electron chi connectivity index (χ4n) is 2.96. The number of aliphatic imine (C=N–C) groups is 1. The predicted molar refractivity (Wildman–Crippen MR) is 67.3 cm³/mol. The highest BCUT2D eigenvalue weighted by Gasteiger charge is 2.44. The van der Waals surface area contributed by atoms with Crippen LogP contribution in [0.4, 0.5) is 13.2 Å². The van der Waals surface area contributed by atoms with Gasteiger partial charge in [-0.05, 0) is 18.9 Å². The third-order valence-electron chi connectivity index (χ3n) is 4.02. The number of fused-ring (bicyclic) bond motifs is 1. The summed E-state index contributed by atoms with van der Waals surface area (Å²) in [6, 6.07) is 0. The Labute approximate surface area is 114 Å². The normalized spacial score (nSPS) is 25.4. The molecule has 20 heavy (non-hydrogen) atoms. The molecular formula is C13H16F3N3O. The lowest BCUT2D eigenvalue weighted by atomic mass is 9.81. The Bertz CT molecular complexity index is 490. The van der Waals surface area contributed by atoms with Crippen molar-refractivity contribution in [1.82, 2.24) is 10.0 Å². The molecule has 2 heterocycles. The fraction of sp³-hybridized carbons (Fsp3) is 0.615. The summed E-state index contributed by atoms with van der Waals surface area (Å²) in [5, 5.41) is 13.6. The van der Waals surface area contributed by atoms with Crippen molar-refractivity contribution >= 4 is 6.34 Å². The summed E-state index contributed by atoms with van der Waals surface area (Å²) in [5.41, 5.74) is -1.63. The van der Waals surface area contributed by atoms with Crippen molar-refractivity contribution in [2.75, 3.05) is 6.67 Å². The number of alkyl halides is 3. The molecule has 0 aromatic heterocycles. The second-order valence-corrected chi connectivity index (χ2v) is 5.42. The number of rotatable bonds is 1. The second-order valence-electron chi connectivity index (χ2n) is 5.42. The molecule has 0 radical (unpaired) electrons. The summed E-state index contributed by atoms with van der Waals surface area (Å²) in [7, 11) is 0. The first-order valence-electron chi connectivity index (χ1n) is 6.69. The lowest BCUT2D eigenvalue weighted by molar-refractivity contribution is -0.0927. The Kier molecular flexibility index (Phi) is 3.04. The van der Waals surface area contributed by atoms with Gasteiger partial charge >= 0.3 is 6.18 Å². The van der Waals surface area contributed by atoms with Gasteiger partial charge in [0.15, 0.2) is 0 Å². The minimum absolute atomic E-state index is 0.246. The fourth-order valence-corrected chi connectivity index (χ4v) is 2.96. The molecule has 0 aromatic rings. The van der Waals surface area contributed by atoms with E-state index in [-0.39, 0.29) is 6.67 Å². The van der Waals surface area contributed by atoms with Gasteiger partial charge in [-0.1, -0.05) is 19.3 Å². The van der Waals surface area contributed by atoms with E-state index >= 15 is 0 Å². The minimum atomic E-state index is -4.43. The molecule has 3 rings (SSSR count). The molecule has 3 aliphatic rings. The molecular weight excluding hydrogens is 271 g/mol. The minimum Gasteiger partial charge on any atom is -0.384 e. The number of nitrogens with zero attached hydrogens (tertiary/aromatic N) is 3. The van der Waals surface area contributed by atoms with Gasteiger partial charge in [-0.15, -0.1) is 0 Å². The smallest absolute Gasteiger partial charge is 0.384 e. The lowest BCUT2D eigenvalue weighted by Crippen LogP contribution is -2.47. The third kappa shape index (κ3) is 2.19. The van der Waals surface area contributed by atoms with Crippen molar-refractivity contribution in [3.63, 3.8) is 0 Å². The number of hydrogen-bond donors (Lipinski definition) is 1. The largest absolute Gasteiger partial charge is 0.417 e. The van der Waals surface area contributed by atoms with Crippen molar-refractivity contribution in [2.45, 2.75) is 43.9 Å². The zero-order valence-electron chi connectivity index (χ0n) is 10.9. The van der Waals surface area contributed by atoms with Crippen molar-refractivity contribution in [2.24, 2.45) is 4.99 Å². The highest BCUT2D eigenvalue weighted by Crippen LogP contribution is 2.41. The average Bonchev–Trinajstić information content (AvgIpc) is 2.85. The molecule has 0 unspecified atom stereocenters. The SMILES string of the molecule is OC1(C2=CC(C(F)(F)F)=CN3C=NCN23)CCCCC1. The summed E-state index contributed by atoms with van der Waals surface area (Å²) in [6.07, 6.45) is 2.65. The van der Waals surface area contributed by atoms with E-state index in [0.717, 1.165) is 31.5 Å². The molecule has 0 atom stereocenters. The first-order valence-corrected chi connectivity index (χ1v) is 6.69. The molecule has 1 fully saturated rings. The van der Waals surface area contributed by atoms with Crippen LogP contribution in [0.1, 0.15) is 32.1 Å². The molecule has 1 aliphatic carbocycles. The predicted octanol–water partition coefficient (Wildman–Crippen LogP) is 2.54. The van der Waals surface area contributed by atoms with Gasteiger partial charge in [-0.2, -0.15) is 13.2 Å². The van der Waals surface area contributed by atoms with Gasteiger partial charge in [-0.3, -0.25) is 10.0 Å². The van der Waals surface area contributed by atoms with E-state index in [1.807, 2.05) is 0 Å². The maximum atomic E-state index is 13.0. The van der Waals surface area contributed by atoms with Gasteiger partial charge in [0.25, 0.3) is 0 Å². The topological polar surface area (TPSA) is 39.1 Å². The van der Waals surface area contributed by atoms with Crippen LogP contribution in [0.2, 0.25) is 0 Å². The number of allylic oxidation sites excluding steroid dienone is 2. The van der Waals surface area contributed by atoms with Gasteiger partial charge in [0.1, 0.15) is 18.6 Å². The zero-order chi connectivity index (χ0) is 14.4. The van der Waals surface area contributed by atoms with Gasteiger partial charge < -0.3 is 5.11 Å². The van der Waals surface area contributed by atoms with E-state index in [9.17, 15) is 18.3 Å². The summed E-state index contributed by atoms with van der Waals surface area (Å²) in [6.45, 7) is 0.246. The highest BCUT2D eigenvalue weighted by atomic mass is 19.4. The van der Waals surface area contributed by atoms with E-state index in [1.54, 1.807) is 5.01 Å². The number of halogens is 3. The Balaban J connectivity index is 1.99. The Morgan fingerprint density at radius 2 is 1.90 bits per heavy atom. The number of hydrazine groups is 1. The van der Waals surface area contributed by atoms with Crippen LogP contribution in [0.15, 0.2) is 28.5 Å². The molecule has 0 saturated heterocycles. The molecule has 2 aliphatic heterocycles. The van der Waals surface area contributed by atoms with Gasteiger partial charge in [0, 0.05) is 6.20 Å². The van der Waals surface area contributed by atoms with Gasteiger partial charge in [0.05, 0.1) is 11.3 Å². The van der Waals surface area contributed by atoms with Crippen molar-refractivity contribution in [3.05, 3.63) is 23.5 Å². The summed E-state index contributed by atoms with van der Waals surface area (Å²) in [5.74, 6) is 0. The first-order chi connectivity index (χ1) is 9.40. The van der Waals surface area contributed by atoms with E-state index < -0.39 is 17.4 Å². The number of aliphatic hydroxyl groups is 1. The molecule has 1 N–H and O–H groups in total. The van der Waals surface area contributed by atoms with Crippen molar-refractivity contribution < 1.29 is 18.3 Å². The monoisotopic (exact) mass is 287 g/mol. The zero-order valence-corrected chi connectivity index (χ0v) is 10.9. The van der Waals surface area contributed by atoms with Crippen molar-refractivity contribution in [1.29, 1.82) is 0 Å². The molecule has 0 amide bonds. The third-order valence-corrected chi connectivity index (χ3v) is 4.02. The van der Waals surface area contributed by atoms with E-state index in [2.05, 4.69) is 4.99 Å². The van der Waals surface area contributed by atoms with Crippen LogP contribution < -0.4 is 0 Å². The molecule has 4 nitrogen and oxygen atoms in total. The van der Waals surface area contributed by atoms with E-state index in [0.29, 0.717) is 18.5 Å². The van der Waals surface area contributed by atoms with Crippen LogP contribution in [-0.4, -0.2) is 39.9 Å². The van der Waals surface area contributed by atoms with Crippen molar-refractivity contribution in [3.8, 4) is 0 Å². The maximum absolute atomic E-state index is 13.0. The quantitative estimate of drug-likeness (QED) is 0.805. The van der Waals surface area contributed by atoms with Crippen LogP contribution in [-0.2, 0) is 0 Å². The molecule has 0 aromatic carbocycles. The van der Waals surface area contributed by atoms with Crippen LogP contribution in [0.25, 0.3) is 0 Å². The van der Waals surface area contributed by atoms with Crippen LogP contribution in [0.3, 0.4) is 0 Å². The molecule has 110 valence electrons. The standard InChI is InChI=1S/C13H16F3N3O/c14-13(15,16)10-6-11(12(20)4-2-1-3-5-12)19-9-17-8-18(19)7-10/h6-8,20H,1-5,9H2. The summed E-state index contributed by atoms with van der Waals surface area (Å²) < 4.78 is 38.9. The molecule has 0 bridgehead atoms. The molecule has 1 saturated carbocycles. The van der Waals surface area contributed by atoms with Crippen LogP contribution >= 0.6 is 0 Å². The van der Waals surface area contributed by atoms with Gasteiger partial charge in [-0.25, -0.2) is 5.01 Å². The summed E-state index contributed by atoms with van der Waals surface area (Å²) in [4.78, 5) is 3.98. The van der Waals surface area contributed by atoms with Crippen LogP contribution in [0.5, 0.6) is 0 Å². The van der Waals surface area contributed by atoms with E-state index in [4.69, 9.17) is 0 Å². The lowest BCUT2D eigenvalue weighted by Gasteiger charge is -2.43. The number of hydrogen-bond acceptors (Lipinski definition) is 4.